The van der Waals surface area contributed by atoms with E-state index >= 15 is 0 Å². The monoisotopic (exact) mass is 382 g/mol. The Kier molecular flexibility index (Phi) is 7.08. The Balaban J connectivity index is 0.00000243. The number of morpholine rings is 1. The summed E-state index contributed by atoms with van der Waals surface area (Å²) in [5.74, 6) is 1.21. The van der Waals surface area contributed by atoms with Gasteiger partial charge in [-0.05, 0) is 33.8 Å². The number of aryl methyl sites for hydroxylation is 4. The highest BCUT2D eigenvalue weighted by Gasteiger charge is 2.21. The number of rotatable bonds is 6. The van der Waals surface area contributed by atoms with Crippen LogP contribution in [-0.2, 0) is 24.9 Å². The Hall–Kier alpha value is -1.57. The van der Waals surface area contributed by atoms with Crippen molar-refractivity contribution in [2.75, 3.05) is 31.2 Å². The molecule has 1 fully saturated rings. The maximum atomic E-state index is 5.49. The van der Waals surface area contributed by atoms with Crippen LogP contribution in [0.1, 0.15) is 29.6 Å². The van der Waals surface area contributed by atoms with Crippen LogP contribution in [0.2, 0.25) is 0 Å². The second-order valence-electron chi connectivity index (χ2n) is 7.00. The Bertz CT molecular complexity index is 720. The van der Waals surface area contributed by atoms with Gasteiger partial charge in [-0.25, -0.2) is 0 Å². The van der Waals surface area contributed by atoms with Crippen molar-refractivity contribution in [3.8, 4) is 0 Å². The number of aromatic nitrogens is 4. The molecule has 1 aliphatic heterocycles. The lowest BCUT2D eigenvalue weighted by atomic mass is 10.2. The summed E-state index contributed by atoms with van der Waals surface area (Å²) in [5, 5.41) is 12.8. The first-order valence-electron chi connectivity index (χ1n) is 9.05. The standard InChI is InChI=1S/C18H30N6O.ClH/c1-13-10-15(3)24(20-13)12-14(2)19-11-17-16(4)21-22(5)18(17)23-6-8-25-9-7-23;/h10,14,19H,6-9,11-12H2,1-5H3;1H. The van der Waals surface area contributed by atoms with E-state index in [1.807, 2.05) is 18.7 Å². The first-order chi connectivity index (χ1) is 12.0. The van der Waals surface area contributed by atoms with Crippen LogP contribution in [0.25, 0.3) is 0 Å². The van der Waals surface area contributed by atoms with Crippen molar-refractivity contribution in [3.63, 3.8) is 0 Å². The van der Waals surface area contributed by atoms with Gasteiger partial charge in [-0.2, -0.15) is 10.2 Å². The van der Waals surface area contributed by atoms with Crippen molar-refractivity contribution < 1.29 is 4.74 Å². The van der Waals surface area contributed by atoms with Gasteiger partial charge in [-0.3, -0.25) is 9.36 Å². The van der Waals surface area contributed by atoms with Crippen molar-refractivity contribution in [1.82, 2.24) is 24.9 Å². The number of halogens is 1. The summed E-state index contributed by atoms with van der Waals surface area (Å²) in [6.45, 7) is 13.5. The number of ether oxygens (including phenoxy) is 1. The van der Waals surface area contributed by atoms with E-state index in [0.29, 0.717) is 6.04 Å². The predicted molar refractivity (Wildman–Crippen MR) is 106 cm³/mol. The van der Waals surface area contributed by atoms with Gasteiger partial charge < -0.3 is 15.0 Å². The normalized spacial score (nSPS) is 15.8. The molecule has 3 rings (SSSR count). The largest absolute Gasteiger partial charge is 0.378 e. The van der Waals surface area contributed by atoms with Crippen LogP contribution in [0.4, 0.5) is 5.82 Å². The molecule has 0 aromatic carbocycles. The quantitative estimate of drug-likeness (QED) is 0.827. The summed E-state index contributed by atoms with van der Waals surface area (Å²) in [7, 11) is 2.03. The minimum Gasteiger partial charge on any atom is -0.378 e. The molecule has 1 N–H and O–H groups in total. The van der Waals surface area contributed by atoms with Crippen molar-refractivity contribution in [2.45, 2.75) is 46.8 Å². The maximum Gasteiger partial charge on any atom is 0.131 e. The number of hydrogen-bond donors (Lipinski definition) is 1. The molecular weight excluding hydrogens is 352 g/mol. The second-order valence-corrected chi connectivity index (χ2v) is 7.00. The van der Waals surface area contributed by atoms with Gasteiger partial charge in [-0.1, -0.05) is 0 Å². The first-order valence-corrected chi connectivity index (χ1v) is 9.05. The molecule has 1 aliphatic rings. The van der Waals surface area contributed by atoms with Crippen molar-refractivity contribution >= 4 is 18.2 Å². The highest BCUT2D eigenvalue weighted by molar-refractivity contribution is 5.85. The minimum absolute atomic E-state index is 0. The van der Waals surface area contributed by atoms with Gasteiger partial charge in [-0.15, -0.1) is 12.4 Å². The van der Waals surface area contributed by atoms with Crippen LogP contribution in [0, 0.1) is 20.8 Å². The molecule has 3 heterocycles. The van der Waals surface area contributed by atoms with E-state index in [1.54, 1.807) is 0 Å². The van der Waals surface area contributed by atoms with Gasteiger partial charge in [0.2, 0.25) is 0 Å². The van der Waals surface area contributed by atoms with Gasteiger partial charge in [0.25, 0.3) is 0 Å². The molecule has 26 heavy (non-hydrogen) atoms. The SMILES string of the molecule is Cc1cc(C)n(CC(C)NCc2c(C)nn(C)c2N2CCOCC2)n1.Cl. The topological polar surface area (TPSA) is 60.1 Å². The number of anilines is 1. The zero-order valence-electron chi connectivity index (χ0n) is 16.4. The molecule has 8 heteroatoms. The number of hydrogen-bond acceptors (Lipinski definition) is 5. The van der Waals surface area contributed by atoms with Crippen LogP contribution in [0.15, 0.2) is 6.07 Å². The molecule has 2 aromatic rings. The third-order valence-electron chi connectivity index (χ3n) is 4.80. The van der Waals surface area contributed by atoms with E-state index in [0.717, 1.165) is 50.8 Å². The summed E-state index contributed by atoms with van der Waals surface area (Å²) >= 11 is 0. The lowest BCUT2D eigenvalue weighted by Gasteiger charge is -2.30. The van der Waals surface area contributed by atoms with E-state index in [1.165, 1.54) is 17.1 Å². The smallest absolute Gasteiger partial charge is 0.131 e. The number of nitrogens with one attached hydrogen (secondary N) is 1. The third-order valence-corrected chi connectivity index (χ3v) is 4.80. The molecule has 7 nitrogen and oxygen atoms in total. The molecule has 1 saturated heterocycles. The molecule has 0 spiro atoms. The summed E-state index contributed by atoms with van der Waals surface area (Å²) in [6.07, 6.45) is 0. The van der Waals surface area contributed by atoms with E-state index < -0.39 is 0 Å². The molecular formula is C18H31ClN6O. The predicted octanol–water partition coefficient (Wildman–Crippen LogP) is 1.98. The highest BCUT2D eigenvalue weighted by Crippen LogP contribution is 2.24. The van der Waals surface area contributed by atoms with E-state index in [9.17, 15) is 0 Å². The summed E-state index contributed by atoms with van der Waals surface area (Å²) < 4.78 is 9.57. The summed E-state index contributed by atoms with van der Waals surface area (Å²) in [4.78, 5) is 2.38. The highest BCUT2D eigenvalue weighted by atomic mass is 35.5. The molecule has 1 unspecified atom stereocenters. The van der Waals surface area contributed by atoms with Gasteiger partial charge in [0.1, 0.15) is 5.82 Å². The zero-order chi connectivity index (χ0) is 18.0. The van der Waals surface area contributed by atoms with Crippen molar-refractivity contribution in [1.29, 1.82) is 0 Å². The average molecular weight is 383 g/mol. The molecule has 146 valence electrons. The summed E-state index contributed by atoms with van der Waals surface area (Å²) in [5.41, 5.74) is 4.65. The Labute approximate surface area is 162 Å². The van der Waals surface area contributed by atoms with Crippen LogP contribution >= 0.6 is 12.4 Å². The van der Waals surface area contributed by atoms with Gasteiger partial charge in [0, 0.05) is 44.0 Å². The first kappa shape index (κ1) is 20.7. The molecule has 0 aliphatic carbocycles. The maximum absolute atomic E-state index is 5.49. The molecule has 0 bridgehead atoms. The molecule has 0 radical (unpaired) electrons. The lowest BCUT2D eigenvalue weighted by Crippen LogP contribution is -2.38. The zero-order valence-corrected chi connectivity index (χ0v) is 17.3. The minimum atomic E-state index is 0. The van der Waals surface area contributed by atoms with Crippen molar-refractivity contribution in [3.05, 3.63) is 28.7 Å². The molecule has 2 aromatic heterocycles. The van der Waals surface area contributed by atoms with Gasteiger partial charge in [0.05, 0.1) is 31.1 Å². The van der Waals surface area contributed by atoms with Gasteiger partial charge >= 0.3 is 0 Å². The molecule has 1 atom stereocenters. The third kappa shape index (κ3) is 4.58. The van der Waals surface area contributed by atoms with Crippen LogP contribution < -0.4 is 10.2 Å². The summed E-state index contributed by atoms with van der Waals surface area (Å²) in [6, 6.07) is 2.45. The van der Waals surface area contributed by atoms with E-state index in [4.69, 9.17) is 4.74 Å². The fourth-order valence-corrected chi connectivity index (χ4v) is 3.53. The van der Waals surface area contributed by atoms with E-state index in [-0.39, 0.29) is 12.4 Å². The van der Waals surface area contributed by atoms with Gasteiger partial charge in [0.15, 0.2) is 0 Å². The van der Waals surface area contributed by atoms with Crippen LogP contribution in [0.5, 0.6) is 0 Å². The molecule has 0 amide bonds. The van der Waals surface area contributed by atoms with E-state index in [2.05, 4.69) is 51.9 Å². The Morgan fingerprint density at radius 2 is 1.88 bits per heavy atom. The van der Waals surface area contributed by atoms with Crippen molar-refractivity contribution in [2.24, 2.45) is 7.05 Å². The van der Waals surface area contributed by atoms with Crippen LogP contribution in [0.3, 0.4) is 0 Å². The second kappa shape index (κ2) is 8.88. The molecule has 0 saturated carbocycles. The average Bonchev–Trinajstić information content (AvgIpc) is 3.03. The fraction of sp³-hybridized carbons (Fsp3) is 0.667. The Morgan fingerprint density at radius 3 is 2.50 bits per heavy atom. The number of nitrogens with zero attached hydrogens (tertiary/aromatic N) is 5. The fourth-order valence-electron chi connectivity index (χ4n) is 3.53. The van der Waals surface area contributed by atoms with Crippen LogP contribution in [-0.4, -0.2) is 51.9 Å². The Morgan fingerprint density at radius 1 is 1.19 bits per heavy atom. The lowest BCUT2D eigenvalue weighted by molar-refractivity contribution is 0.122.